The topological polar surface area (TPSA) is 118 Å². The molecule has 0 atom stereocenters. The van der Waals surface area contributed by atoms with Crippen LogP contribution in [0.3, 0.4) is 0 Å². The van der Waals surface area contributed by atoms with E-state index in [9.17, 15) is 23.3 Å². The van der Waals surface area contributed by atoms with Crippen molar-refractivity contribution in [3.63, 3.8) is 0 Å². The van der Waals surface area contributed by atoms with Gasteiger partial charge in [0.05, 0.1) is 9.82 Å². The minimum Gasteiger partial charge on any atom is -0.322 e. The van der Waals surface area contributed by atoms with Crippen LogP contribution in [0.2, 0.25) is 0 Å². The van der Waals surface area contributed by atoms with Gasteiger partial charge in [-0.2, -0.15) is 0 Å². The minimum absolute atomic E-state index is 0.0583. The highest BCUT2D eigenvalue weighted by molar-refractivity contribution is 7.89. The van der Waals surface area contributed by atoms with Gasteiger partial charge in [0, 0.05) is 29.4 Å². The second kappa shape index (κ2) is 8.85. The Labute approximate surface area is 173 Å². The van der Waals surface area contributed by atoms with E-state index in [1.165, 1.54) is 49.4 Å². The first kappa shape index (κ1) is 21.2. The van der Waals surface area contributed by atoms with Crippen LogP contribution in [0.5, 0.6) is 0 Å². The van der Waals surface area contributed by atoms with Crippen LogP contribution in [0.1, 0.15) is 21.5 Å². The number of nitro groups is 1. The van der Waals surface area contributed by atoms with Gasteiger partial charge < -0.3 is 5.32 Å². The van der Waals surface area contributed by atoms with Gasteiger partial charge in [-0.05, 0) is 42.8 Å². The van der Waals surface area contributed by atoms with Gasteiger partial charge in [0.2, 0.25) is 10.0 Å². The van der Waals surface area contributed by atoms with Crippen molar-refractivity contribution in [2.75, 3.05) is 5.32 Å². The molecule has 154 valence electrons. The molecule has 3 rings (SSSR count). The van der Waals surface area contributed by atoms with Crippen LogP contribution in [-0.2, 0) is 16.6 Å². The van der Waals surface area contributed by atoms with Crippen molar-refractivity contribution in [2.24, 2.45) is 0 Å². The molecule has 0 fully saturated rings. The Morgan fingerprint density at radius 2 is 1.63 bits per heavy atom. The predicted molar refractivity (Wildman–Crippen MR) is 113 cm³/mol. The summed E-state index contributed by atoms with van der Waals surface area (Å²) in [5.74, 6) is -0.519. The van der Waals surface area contributed by atoms with Gasteiger partial charge in [0.25, 0.3) is 11.6 Å². The zero-order valence-electron chi connectivity index (χ0n) is 16.0. The monoisotopic (exact) mass is 425 g/mol. The number of nitrogens with one attached hydrogen (secondary N) is 2. The Morgan fingerprint density at radius 1 is 0.967 bits per heavy atom. The minimum atomic E-state index is -3.72. The Kier molecular flexibility index (Phi) is 6.24. The lowest BCUT2D eigenvalue weighted by Gasteiger charge is -2.10. The molecule has 0 heterocycles. The summed E-state index contributed by atoms with van der Waals surface area (Å²) in [6.07, 6.45) is 0. The summed E-state index contributed by atoms with van der Waals surface area (Å²) in [6.45, 7) is 1.66. The van der Waals surface area contributed by atoms with Crippen molar-refractivity contribution in [2.45, 2.75) is 18.4 Å². The molecule has 2 N–H and O–H groups in total. The van der Waals surface area contributed by atoms with Crippen molar-refractivity contribution in [3.05, 3.63) is 99.6 Å². The van der Waals surface area contributed by atoms with E-state index < -0.39 is 20.9 Å². The molecule has 8 nitrogen and oxygen atoms in total. The number of hydrogen-bond donors (Lipinski definition) is 2. The van der Waals surface area contributed by atoms with Crippen molar-refractivity contribution >= 4 is 27.3 Å². The smallest absolute Gasteiger partial charge is 0.273 e. The molecule has 0 spiro atoms. The maximum absolute atomic E-state index is 12.5. The van der Waals surface area contributed by atoms with E-state index in [1.54, 1.807) is 0 Å². The number of nitro benzene ring substituents is 1. The predicted octanol–water partition coefficient (Wildman–Crippen LogP) is 3.63. The van der Waals surface area contributed by atoms with E-state index in [0.717, 1.165) is 5.56 Å². The van der Waals surface area contributed by atoms with Gasteiger partial charge in [-0.15, -0.1) is 0 Å². The highest BCUT2D eigenvalue weighted by atomic mass is 32.2. The summed E-state index contributed by atoms with van der Waals surface area (Å²) >= 11 is 0. The van der Waals surface area contributed by atoms with Crippen LogP contribution in [0.15, 0.2) is 77.7 Å². The first-order chi connectivity index (χ1) is 14.3. The van der Waals surface area contributed by atoms with E-state index in [4.69, 9.17) is 0 Å². The normalized spacial score (nSPS) is 11.1. The Bertz CT molecular complexity index is 1180. The Hall–Kier alpha value is -3.56. The lowest BCUT2D eigenvalue weighted by Crippen LogP contribution is -2.23. The molecule has 0 unspecified atom stereocenters. The summed E-state index contributed by atoms with van der Waals surface area (Å²) < 4.78 is 27.4. The summed E-state index contributed by atoms with van der Waals surface area (Å²) in [7, 11) is -3.72. The number of hydrogen-bond acceptors (Lipinski definition) is 5. The van der Waals surface area contributed by atoms with E-state index in [2.05, 4.69) is 10.0 Å². The van der Waals surface area contributed by atoms with E-state index >= 15 is 0 Å². The molecular formula is C21H19N3O5S. The van der Waals surface area contributed by atoms with Gasteiger partial charge in [-0.25, -0.2) is 13.1 Å². The zero-order valence-corrected chi connectivity index (χ0v) is 16.8. The molecule has 3 aromatic carbocycles. The maximum atomic E-state index is 12.5. The Morgan fingerprint density at radius 3 is 2.27 bits per heavy atom. The molecule has 0 aliphatic carbocycles. The molecule has 0 saturated carbocycles. The van der Waals surface area contributed by atoms with Crippen molar-refractivity contribution in [1.29, 1.82) is 0 Å². The lowest BCUT2D eigenvalue weighted by molar-refractivity contribution is -0.385. The largest absolute Gasteiger partial charge is 0.322 e. The third kappa shape index (κ3) is 4.88. The quantitative estimate of drug-likeness (QED) is 0.443. The molecule has 0 aliphatic heterocycles. The number of sulfonamides is 1. The van der Waals surface area contributed by atoms with E-state index in [1.807, 2.05) is 30.3 Å². The Balaban J connectivity index is 1.70. The average molecular weight is 425 g/mol. The molecule has 9 heteroatoms. The summed E-state index contributed by atoms with van der Waals surface area (Å²) in [5.41, 5.74) is 1.48. The van der Waals surface area contributed by atoms with Gasteiger partial charge in [0.15, 0.2) is 0 Å². The molecule has 1 amide bonds. The third-order valence-electron chi connectivity index (χ3n) is 4.48. The number of anilines is 1. The molecule has 0 aromatic heterocycles. The first-order valence-corrected chi connectivity index (χ1v) is 10.5. The molecule has 3 aromatic rings. The molecule has 0 saturated heterocycles. The van der Waals surface area contributed by atoms with Crippen LogP contribution in [-0.4, -0.2) is 19.2 Å². The van der Waals surface area contributed by atoms with Crippen molar-refractivity contribution in [3.8, 4) is 0 Å². The van der Waals surface area contributed by atoms with E-state index in [0.29, 0.717) is 5.69 Å². The fourth-order valence-electron chi connectivity index (χ4n) is 2.84. The maximum Gasteiger partial charge on any atom is 0.273 e. The van der Waals surface area contributed by atoms with Crippen LogP contribution < -0.4 is 10.0 Å². The number of rotatable bonds is 7. The molecular weight excluding hydrogens is 406 g/mol. The van der Waals surface area contributed by atoms with Gasteiger partial charge in [-0.3, -0.25) is 14.9 Å². The highest BCUT2D eigenvalue weighted by Gasteiger charge is 2.18. The van der Waals surface area contributed by atoms with Gasteiger partial charge in [0.1, 0.15) is 0 Å². The molecule has 0 bridgehead atoms. The number of benzene rings is 3. The van der Waals surface area contributed by atoms with Crippen LogP contribution >= 0.6 is 0 Å². The highest BCUT2D eigenvalue weighted by Crippen LogP contribution is 2.22. The average Bonchev–Trinajstić information content (AvgIpc) is 2.73. The second-order valence-corrected chi connectivity index (χ2v) is 8.26. The number of carbonyl (C=O) groups is 1. The molecule has 0 aliphatic rings. The van der Waals surface area contributed by atoms with Crippen LogP contribution in [0.4, 0.5) is 11.4 Å². The molecule has 0 radical (unpaired) electrons. The van der Waals surface area contributed by atoms with Crippen molar-refractivity contribution in [1.82, 2.24) is 4.72 Å². The molecule has 30 heavy (non-hydrogen) atoms. The van der Waals surface area contributed by atoms with Crippen LogP contribution in [0.25, 0.3) is 0 Å². The summed E-state index contributed by atoms with van der Waals surface area (Å²) in [4.78, 5) is 23.0. The fraction of sp³-hybridized carbons (Fsp3) is 0.0952. The lowest BCUT2D eigenvalue weighted by atomic mass is 10.1. The summed E-state index contributed by atoms with van der Waals surface area (Å²) in [6, 6.07) is 19.1. The second-order valence-electron chi connectivity index (χ2n) is 6.50. The van der Waals surface area contributed by atoms with Crippen molar-refractivity contribution < 1.29 is 18.1 Å². The zero-order chi connectivity index (χ0) is 21.7. The first-order valence-electron chi connectivity index (χ1n) is 8.97. The SMILES string of the molecule is Cc1c(C(=O)Nc2ccc(S(=O)(=O)NCc3ccccc3)cc2)cccc1[N+](=O)[O-]. The number of nitrogens with zero attached hydrogens (tertiary/aromatic N) is 1. The van der Waals surface area contributed by atoms with E-state index in [-0.39, 0.29) is 28.3 Å². The van der Waals surface area contributed by atoms with Gasteiger partial charge >= 0.3 is 0 Å². The number of carbonyl (C=O) groups excluding carboxylic acids is 1. The number of amides is 1. The third-order valence-corrected chi connectivity index (χ3v) is 5.90. The summed E-state index contributed by atoms with van der Waals surface area (Å²) in [5, 5.41) is 13.7. The van der Waals surface area contributed by atoms with Crippen LogP contribution in [0, 0.1) is 17.0 Å². The van der Waals surface area contributed by atoms with Gasteiger partial charge in [-0.1, -0.05) is 36.4 Å². The fourth-order valence-corrected chi connectivity index (χ4v) is 3.86. The standard InChI is InChI=1S/C21H19N3O5S/c1-15-19(8-5-9-20(15)24(26)27)21(25)23-17-10-12-18(13-11-17)30(28,29)22-14-16-6-3-2-4-7-16/h2-13,22H,14H2,1H3,(H,23,25).